The lowest BCUT2D eigenvalue weighted by atomic mass is 10.2. The van der Waals surface area contributed by atoms with Crippen molar-refractivity contribution in [3.8, 4) is 5.75 Å². The van der Waals surface area contributed by atoms with Gasteiger partial charge in [-0.3, -0.25) is 0 Å². The summed E-state index contributed by atoms with van der Waals surface area (Å²) in [6.07, 6.45) is -0.522. The second kappa shape index (κ2) is 9.97. The van der Waals surface area contributed by atoms with E-state index in [0.717, 1.165) is 5.56 Å². The molecule has 0 atom stereocenters. The summed E-state index contributed by atoms with van der Waals surface area (Å²) in [5.74, 6) is -0.0197. The molecule has 0 aliphatic heterocycles. The Bertz CT molecular complexity index is 687. The molecule has 0 aliphatic rings. The lowest BCUT2D eigenvalue weighted by Gasteiger charge is -2.11. The third-order valence-electron chi connectivity index (χ3n) is 3.22. The topological polar surface area (TPSA) is 73.9 Å². The number of hydrogen-bond donors (Lipinski definition) is 1. The van der Waals surface area contributed by atoms with Gasteiger partial charge in [-0.15, -0.1) is 0 Å². The van der Waals surface area contributed by atoms with Crippen LogP contribution in [0.2, 0.25) is 0 Å². The summed E-state index contributed by atoms with van der Waals surface area (Å²) in [6, 6.07) is 16.2. The van der Waals surface area contributed by atoms with E-state index >= 15 is 0 Å². The number of rotatable bonds is 8. The molecular formula is C19H21NO5. The maximum Gasteiger partial charge on any atom is 0.407 e. The number of para-hydroxylation sites is 1. The molecule has 0 spiro atoms. The van der Waals surface area contributed by atoms with Crippen LogP contribution in [0.3, 0.4) is 0 Å². The molecule has 0 saturated heterocycles. The second-order valence-corrected chi connectivity index (χ2v) is 5.05. The summed E-state index contributed by atoms with van der Waals surface area (Å²) in [5, 5.41) is 2.59. The fraction of sp³-hybridized carbons (Fsp3) is 0.263. The van der Waals surface area contributed by atoms with Crippen molar-refractivity contribution in [1.29, 1.82) is 0 Å². The fourth-order valence-electron chi connectivity index (χ4n) is 2.06. The van der Waals surface area contributed by atoms with Crippen molar-refractivity contribution in [3.05, 3.63) is 65.7 Å². The van der Waals surface area contributed by atoms with E-state index in [4.69, 9.17) is 14.2 Å². The van der Waals surface area contributed by atoms with Gasteiger partial charge >= 0.3 is 12.1 Å². The van der Waals surface area contributed by atoms with Gasteiger partial charge in [0.15, 0.2) is 0 Å². The van der Waals surface area contributed by atoms with E-state index in [0.29, 0.717) is 17.9 Å². The molecule has 1 N–H and O–H groups in total. The number of ether oxygens (including phenoxy) is 3. The van der Waals surface area contributed by atoms with Crippen molar-refractivity contribution in [2.24, 2.45) is 0 Å². The van der Waals surface area contributed by atoms with E-state index in [1.54, 1.807) is 31.2 Å². The van der Waals surface area contributed by atoms with E-state index in [9.17, 15) is 9.59 Å². The molecule has 0 fully saturated rings. The van der Waals surface area contributed by atoms with Gasteiger partial charge in [-0.1, -0.05) is 42.5 Å². The highest BCUT2D eigenvalue weighted by atomic mass is 16.5. The average molecular weight is 343 g/mol. The van der Waals surface area contributed by atoms with Gasteiger partial charge in [0.25, 0.3) is 0 Å². The van der Waals surface area contributed by atoms with Crippen LogP contribution in [-0.4, -0.2) is 31.8 Å². The number of alkyl carbamates (subject to hydrolysis) is 1. The van der Waals surface area contributed by atoms with E-state index in [1.807, 2.05) is 30.3 Å². The van der Waals surface area contributed by atoms with Crippen molar-refractivity contribution < 1.29 is 23.8 Å². The minimum absolute atomic E-state index is 0.205. The minimum Gasteiger partial charge on any atom is -0.491 e. The molecule has 2 aromatic rings. The summed E-state index contributed by atoms with van der Waals surface area (Å²) in [6.45, 7) is 2.70. The van der Waals surface area contributed by atoms with Crippen LogP contribution in [0.1, 0.15) is 22.8 Å². The highest BCUT2D eigenvalue weighted by Gasteiger charge is 2.12. The summed E-state index contributed by atoms with van der Waals surface area (Å²) in [5.41, 5.74) is 1.27. The van der Waals surface area contributed by atoms with Crippen molar-refractivity contribution in [3.63, 3.8) is 0 Å². The van der Waals surface area contributed by atoms with Gasteiger partial charge in [0.2, 0.25) is 0 Å². The van der Waals surface area contributed by atoms with Crippen LogP contribution in [0.15, 0.2) is 54.6 Å². The molecule has 2 rings (SSSR count). The number of benzene rings is 2. The largest absolute Gasteiger partial charge is 0.491 e. The Balaban J connectivity index is 1.72. The number of nitrogens with one attached hydrogen (secondary N) is 1. The molecule has 132 valence electrons. The molecule has 2 aromatic carbocycles. The Hall–Kier alpha value is -3.02. The number of carbonyl (C=O) groups is 2. The number of hydrogen-bond acceptors (Lipinski definition) is 5. The zero-order valence-corrected chi connectivity index (χ0v) is 14.1. The maximum atomic E-state index is 11.8. The summed E-state index contributed by atoms with van der Waals surface area (Å²) in [4.78, 5) is 23.5. The van der Waals surface area contributed by atoms with Crippen LogP contribution in [0.5, 0.6) is 5.75 Å². The Labute approximate surface area is 146 Å². The molecule has 0 aliphatic carbocycles. The van der Waals surface area contributed by atoms with Crippen molar-refractivity contribution in [2.45, 2.75) is 13.5 Å². The zero-order chi connectivity index (χ0) is 17.9. The summed E-state index contributed by atoms with van der Waals surface area (Å²) < 4.78 is 15.6. The second-order valence-electron chi connectivity index (χ2n) is 5.05. The van der Waals surface area contributed by atoms with Gasteiger partial charge in [0.1, 0.15) is 24.5 Å². The van der Waals surface area contributed by atoms with E-state index in [2.05, 4.69) is 5.32 Å². The zero-order valence-electron chi connectivity index (χ0n) is 14.1. The quantitative estimate of drug-likeness (QED) is 0.589. The highest BCUT2D eigenvalue weighted by Crippen LogP contribution is 2.18. The van der Waals surface area contributed by atoms with Crippen LogP contribution >= 0.6 is 0 Å². The molecular weight excluding hydrogens is 322 g/mol. The first-order valence-corrected chi connectivity index (χ1v) is 8.04. The Morgan fingerprint density at radius 2 is 1.68 bits per heavy atom. The molecule has 0 saturated carbocycles. The number of esters is 1. The highest BCUT2D eigenvalue weighted by molar-refractivity contribution is 5.92. The Morgan fingerprint density at radius 3 is 2.44 bits per heavy atom. The Morgan fingerprint density at radius 1 is 0.960 bits per heavy atom. The van der Waals surface area contributed by atoms with Crippen molar-refractivity contribution in [2.75, 3.05) is 19.8 Å². The van der Waals surface area contributed by atoms with Crippen molar-refractivity contribution in [1.82, 2.24) is 5.32 Å². The molecule has 0 unspecified atom stereocenters. The lowest BCUT2D eigenvalue weighted by Crippen LogP contribution is -2.28. The van der Waals surface area contributed by atoms with Gasteiger partial charge in [0, 0.05) is 0 Å². The lowest BCUT2D eigenvalue weighted by molar-refractivity contribution is 0.0521. The summed E-state index contributed by atoms with van der Waals surface area (Å²) >= 11 is 0. The van der Waals surface area contributed by atoms with E-state index in [-0.39, 0.29) is 19.8 Å². The average Bonchev–Trinajstić information content (AvgIpc) is 2.65. The van der Waals surface area contributed by atoms with E-state index in [1.165, 1.54) is 0 Å². The molecule has 25 heavy (non-hydrogen) atoms. The molecule has 0 heterocycles. The van der Waals surface area contributed by atoms with Crippen LogP contribution in [0.25, 0.3) is 0 Å². The molecule has 6 nitrogen and oxygen atoms in total. The van der Waals surface area contributed by atoms with Crippen LogP contribution < -0.4 is 10.1 Å². The van der Waals surface area contributed by atoms with Crippen molar-refractivity contribution >= 4 is 12.1 Å². The van der Waals surface area contributed by atoms with Gasteiger partial charge in [-0.2, -0.15) is 0 Å². The van der Waals surface area contributed by atoms with Gasteiger partial charge < -0.3 is 19.5 Å². The molecule has 0 radical (unpaired) electrons. The SMILES string of the molecule is CCOC(=O)c1ccccc1OCCNC(=O)OCc1ccccc1. The molecule has 1 amide bonds. The van der Waals surface area contributed by atoms with E-state index < -0.39 is 12.1 Å². The maximum absolute atomic E-state index is 11.8. The van der Waals surface area contributed by atoms with Crippen LogP contribution in [0, 0.1) is 0 Å². The smallest absolute Gasteiger partial charge is 0.407 e. The standard InChI is InChI=1S/C19H21NO5/c1-2-23-18(21)16-10-6-7-11-17(16)24-13-12-20-19(22)25-14-15-8-4-3-5-9-15/h3-11H,2,12-14H2,1H3,(H,20,22). The fourth-order valence-corrected chi connectivity index (χ4v) is 2.06. The predicted octanol–water partition coefficient (Wildman–Crippen LogP) is 3.17. The van der Waals surface area contributed by atoms with Crippen LogP contribution in [-0.2, 0) is 16.1 Å². The summed E-state index contributed by atoms with van der Waals surface area (Å²) in [7, 11) is 0. The minimum atomic E-state index is -0.522. The predicted molar refractivity (Wildman–Crippen MR) is 92.5 cm³/mol. The molecule has 6 heteroatoms. The number of amides is 1. The normalized spacial score (nSPS) is 9.96. The molecule has 0 bridgehead atoms. The van der Waals surface area contributed by atoms with Gasteiger partial charge in [-0.05, 0) is 24.6 Å². The molecule has 0 aromatic heterocycles. The first-order valence-electron chi connectivity index (χ1n) is 8.04. The first kappa shape index (κ1) is 18.3. The van der Waals surface area contributed by atoms with Crippen LogP contribution in [0.4, 0.5) is 4.79 Å². The first-order chi connectivity index (χ1) is 12.2. The van der Waals surface area contributed by atoms with Gasteiger partial charge in [0.05, 0.1) is 13.2 Å². The third kappa shape index (κ3) is 6.18. The van der Waals surface area contributed by atoms with Gasteiger partial charge in [-0.25, -0.2) is 9.59 Å². The third-order valence-corrected chi connectivity index (χ3v) is 3.22. The Kier molecular flexibility index (Phi) is 7.31. The number of carbonyl (C=O) groups excluding carboxylic acids is 2. The monoisotopic (exact) mass is 343 g/mol.